The molecule has 0 aliphatic heterocycles. The molecule has 5 heteroatoms. The van der Waals surface area contributed by atoms with Crippen molar-refractivity contribution in [3.8, 4) is 0 Å². The minimum atomic E-state index is -0.491. The Kier molecular flexibility index (Phi) is 7.67. The molecule has 0 radical (unpaired) electrons. The smallest absolute Gasteiger partial charge is 0.242 e. The average molecular weight is 373 g/mol. The predicted octanol–water partition coefficient (Wildman–Crippen LogP) is 3.83. The van der Waals surface area contributed by atoms with Crippen LogP contribution in [-0.4, -0.2) is 29.3 Å². The van der Waals surface area contributed by atoms with E-state index in [1.807, 2.05) is 56.3 Å². The van der Waals surface area contributed by atoms with Crippen LogP contribution in [0.5, 0.6) is 0 Å². The van der Waals surface area contributed by atoms with E-state index in [9.17, 15) is 9.59 Å². The van der Waals surface area contributed by atoms with Gasteiger partial charge in [-0.05, 0) is 36.6 Å². The lowest BCUT2D eigenvalue weighted by Gasteiger charge is -2.30. The first-order chi connectivity index (χ1) is 12.5. The molecule has 2 rings (SSSR count). The van der Waals surface area contributed by atoms with Crippen molar-refractivity contribution in [2.24, 2.45) is 0 Å². The Hall–Kier alpha value is -2.33. The predicted molar refractivity (Wildman–Crippen MR) is 105 cm³/mol. The number of benzene rings is 2. The molecule has 0 spiro atoms. The SMILES string of the molecule is CCNC(=O)[C@@H](CC)N(Cc1ccccc1)C(=O)Cc1ccc(Cl)cc1. The van der Waals surface area contributed by atoms with Gasteiger partial charge in [0.15, 0.2) is 0 Å². The maximum Gasteiger partial charge on any atom is 0.242 e. The number of carbonyl (C=O) groups excluding carboxylic acids is 2. The fourth-order valence-corrected chi connectivity index (χ4v) is 3.00. The zero-order valence-electron chi connectivity index (χ0n) is 15.2. The van der Waals surface area contributed by atoms with Crippen LogP contribution in [0.1, 0.15) is 31.4 Å². The van der Waals surface area contributed by atoms with Gasteiger partial charge in [0.25, 0.3) is 0 Å². The van der Waals surface area contributed by atoms with Crippen molar-refractivity contribution in [1.82, 2.24) is 10.2 Å². The van der Waals surface area contributed by atoms with Crippen LogP contribution in [0.4, 0.5) is 0 Å². The molecule has 0 aliphatic rings. The van der Waals surface area contributed by atoms with Gasteiger partial charge in [-0.15, -0.1) is 0 Å². The molecule has 2 amide bonds. The molecule has 26 heavy (non-hydrogen) atoms. The molecule has 0 unspecified atom stereocenters. The van der Waals surface area contributed by atoms with Gasteiger partial charge in [0.2, 0.25) is 11.8 Å². The van der Waals surface area contributed by atoms with Crippen LogP contribution in [-0.2, 0) is 22.6 Å². The molecule has 0 heterocycles. The molecule has 138 valence electrons. The van der Waals surface area contributed by atoms with Crippen molar-refractivity contribution in [1.29, 1.82) is 0 Å². The summed E-state index contributed by atoms with van der Waals surface area (Å²) in [6.45, 7) is 4.75. The van der Waals surface area contributed by atoms with Crippen LogP contribution in [0.3, 0.4) is 0 Å². The van der Waals surface area contributed by atoms with E-state index >= 15 is 0 Å². The number of hydrogen-bond donors (Lipinski definition) is 1. The van der Waals surface area contributed by atoms with Crippen molar-refractivity contribution in [3.05, 3.63) is 70.7 Å². The number of likely N-dealkylation sites (N-methyl/N-ethyl adjacent to an activating group) is 1. The number of halogens is 1. The van der Waals surface area contributed by atoms with Crippen molar-refractivity contribution >= 4 is 23.4 Å². The monoisotopic (exact) mass is 372 g/mol. The van der Waals surface area contributed by atoms with Gasteiger partial charge >= 0.3 is 0 Å². The van der Waals surface area contributed by atoms with Crippen LogP contribution in [0, 0.1) is 0 Å². The van der Waals surface area contributed by atoms with Gasteiger partial charge < -0.3 is 10.2 Å². The standard InChI is InChI=1S/C21H25ClN2O2/c1-3-19(21(26)23-4-2)24(15-17-8-6-5-7-9-17)20(25)14-16-10-12-18(22)13-11-16/h5-13,19H,3-4,14-15H2,1-2H3,(H,23,26)/t19-/m1/s1. The Morgan fingerprint density at radius 2 is 1.65 bits per heavy atom. The minimum Gasteiger partial charge on any atom is -0.355 e. The molecule has 1 N–H and O–H groups in total. The quantitative estimate of drug-likeness (QED) is 0.765. The highest BCUT2D eigenvalue weighted by Gasteiger charge is 2.28. The molecule has 2 aromatic rings. The van der Waals surface area contributed by atoms with E-state index in [4.69, 9.17) is 11.6 Å². The van der Waals surface area contributed by atoms with E-state index in [1.165, 1.54) is 0 Å². The number of amides is 2. The second-order valence-corrected chi connectivity index (χ2v) is 6.57. The third-order valence-corrected chi connectivity index (χ3v) is 4.45. The number of carbonyl (C=O) groups is 2. The normalized spacial score (nSPS) is 11.7. The van der Waals surface area contributed by atoms with Crippen LogP contribution < -0.4 is 5.32 Å². The Balaban J connectivity index is 2.24. The first kappa shape index (κ1) is 20.0. The Labute approximate surface area is 160 Å². The molecule has 0 bridgehead atoms. The molecular weight excluding hydrogens is 348 g/mol. The van der Waals surface area contributed by atoms with E-state index in [2.05, 4.69) is 5.32 Å². The molecule has 0 fully saturated rings. The molecule has 0 aromatic heterocycles. The summed E-state index contributed by atoms with van der Waals surface area (Å²) in [5, 5.41) is 3.47. The molecule has 0 saturated heterocycles. The number of rotatable bonds is 8. The maximum atomic E-state index is 13.0. The number of hydrogen-bond acceptors (Lipinski definition) is 2. The summed E-state index contributed by atoms with van der Waals surface area (Å²) in [5.74, 6) is -0.190. The van der Waals surface area contributed by atoms with Gasteiger partial charge in [-0.3, -0.25) is 9.59 Å². The second kappa shape index (κ2) is 9.97. The van der Waals surface area contributed by atoms with Crippen LogP contribution in [0.2, 0.25) is 5.02 Å². The van der Waals surface area contributed by atoms with Gasteiger partial charge in [0.1, 0.15) is 6.04 Å². The van der Waals surface area contributed by atoms with Gasteiger partial charge in [-0.25, -0.2) is 0 Å². The Morgan fingerprint density at radius 3 is 2.23 bits per heavy atom. The number of nitrogens with zero attached hydrogens (tertiary/aromatic N) is 1. The molecule has 2 aromatic carbocycles. The third kappa shape index (κ3) is 5.60. The van der Waals surface area contributed by atoms with Gasteiger partial charge in [0, 0.05) is 18.1 Å². The lowest BCUT2D eigenvalue weighted by molar-refractivity contribution is -0.140. The zero-order valence-corrected chi connectivity index (χ0v) is 16.0. The summed E-state index contributed by atoms with van der Waals surface area (Å²) in [5.41, 5.74) is 1.88. The summed E-state index contributed by atoms with van der Waals surface area (Å²) in [7, 11) is 0. The van der Waals surface area contributed by atoms with Gasteiger partial charge in [-0.2, -0.15) is 0 Å². The lowest BCUT2D eigenvalue weighted by Crippen LogP contribution is -2.49. The van der Waals surface area contributed by atoms with E-state index in [1.54, 1.807) is 17.0 Å². The zero-order chi connectivity index (χ0) is 18.9. The first-order valence-electron chi connectivity index (χ1n) is 8.90. The van der Waals surface area contributed by atoms with E-state index in [0.717, 1.165) is 11.1 Å². The van der Waals surface area contributed by atoms with Crippen molar-refractivity contribution < 1.29 is 9.59 Å². The van der Waals surface area contributed by atoms with Crippen LogP contribution in [0.25, 0.3) is 0 Å². The summed E-state index contributed by atoms with van der Waals surface area (Å²) in [6.07, 6.45) is 0.797. The summed E-state index contributed by atoms with van der Waals surface area (Å²) >= 11 is 5.92. The topological polar surface area (TPSA) is 49.4 Å². The first-order valence-corrected chi connectivity index (χ1v) is 9.28. The molecule has 1 atom stereocenters. The van der Waals surface area contributed by atoms with Gasteiger partial charge in [-0.1, -0.05) is 61.0 Å². The fourth-order valence-electron chi connectivity index (χ4n) is 2.87. The Bertz CT molecular complexity index is 717. The largest absolute Gasteiger partial charge is 0.355 e. The summed E-state index contributed by atoms with van der Waals surface area (Å²) < 4.78 is 0. The number of nitrogens with one attached hydrogen (secondary N) is 1. The third-order valence-electron chi connectivity index (χ3n) is 4.20. The van der Waals surface area contributed by atoms with Crippen molar-refractivity contribution in [2.75, 3.05) is 6.54 Å². The van der Waals surface area contributed by atoms with E-state index < -0.39 is 6.04 Å². The fraction of sp³-hybridized carbons (Fsp3) is 0.333. The molecule has 0 aliphatic carbocycles. The van der Waals surface area contributed by atoms with Crippen molar-refractivity contribution in [2.45, 2.75) is 39.3 Å². The molecule has 0 saturated carbocycles. The summed E-state index contributed by atoms with van der Waals surface area (Å²) in [6, 6.07) is 16.5. The van der Waals surface area contributed by atoms with Gasteiger partial charge in [0.05, 0.1) is 6.42 Å². The van der Waals surface area contributed by atoms with Crippen LogP contribution >= 0.6 is 11.6 Å². The van der Waals surface area contributed by atoms with Crippen LogP contribution in [0.15, 0.2) is 54.6 Å². The molecule has 4 nitrogen and oxygen atoms in total. The molecular formula is C21H25ClN2O2. The minimum absolute atomic E-state index is 0.0747. The highest BCUT2D eigenvalue weighted by atomic mass is 35.5. The highest BCUT2D eigenvalue weighted by Crippen LogP contribution is 2.16. The summed E-state index contributed by atoms with van der Waals surface area (Å²) in [4.78, 5) is 27.2. The second-order valence-electron chi connectivity index (χ2n) is 6.13. The van der Waals surface area contributed by atoms with E-state index in [0.29, 0.717) is 24.5 Å². The van der Waals surface area contributed by atoms with E-state index in [-0.39, 0.29) is 18.2 Å². The maximum absolute atomic E-state index is 13.0. The Morgan fingerprint density at radius 1 is 1.00 bits per heavy atom. The van der Waals surface area contributed by atoms with Crippen molar-refractivity contribution in [3.63, 3.8) is 0 Å². The lowest BCUT2D eigenvalue weighted by atomic mass is 10.1. The average Bonchev–Trinajstić information content (AvgIpc) is 2.64. The highest BCUT2D eigenvalue weighted by molar-refractivity contribution is 6.30.